The van der Waals surface area contributed by atoms with Crippen molar-refractivity contribution in [1.29, 1.82) is 0 Å². The van der Waals surface area contributed by atoms with Crippen LogP contribution >= 0.6 is 23.4 Å². The summed E-state index contributed by atoms with van der Waals surface area (Å²) in [4.78, 5) is 23.3. The number of carbonyl (C=O) groups excluding carboxylic acids is 2. The molecule has 2 aromatic carbocycles. The Hall–Kier alpha value is -1.98. The van der Waals surface area contributed by atoms with E-state index in [1.807, 2.05) is 30.3 Å². The second-order valence-electron chi connectivity index (χ2n) is 4.69. The number of thioether (sulfide) groups is 1. The molecule has 0 aromatic heterocycles. The van der Waals surface area contributed by atoms with Crippen molar-refractivity contribution >= 4 is 40.9 Å². The Morgan fingerprint density at radius 3 is 2.39 bits per heavy atom. The lowest BCUT2D eigenvalue weighted by molar-refractivity contribution is -0.141. The fourth-order valence-corrected chi connectivity index (χ4v) is 2.47. The highest BCUT2D eigenvalue weighted by molar-refractivity contribution is 8.00. The van der Waals surface area contributed by atoms with Crippen LogP contribution in [0.25, 0.3) is 0 Å². The van der Waals surface area contributed by atoms with Gasteiger partial charge in [-0.05, 0) is 29.8 Å². The van der Waals surface area contributed by atoms with Gasteiger partial charge in [-0.2, -0.15) is 0 Å². The second kappa shape index (κ2) is 9.22. The summed E-state index contributed by atoms with van der Waals surface area (Å²) in [6.07, 6.45) is 0. The van der Waals surface area contributed by atoms with Crippen molar-refractivity contribution in [3.05, 3.63) is 65.2 Å². The Morgan fingerprint density at radius 1 is 1.00 bits per heavy atom. The molecule has 0 aliphatic rings. The summed E-state index contributed by atoms with van der Waals surface area (Å²) >= 11 is 6.99. The van der Waals surface area contributed by atoms with Gasteiger partial charge in [-0.15, -0.1) is 11.8 Å². The number of halogens is 1. The van der Waals surface area contributed by atoms with Gasteiger partial charge in [0.05, 0.1) is 11.5 Å². The molecule has 23 heavy (non-hydrogen) atoms. The predicted octanol–water partition coefficient (Wildman–Crippen LogP) is 3.76. The molecular weight excluding hydrogens is 334 g/mol. The van der Waals surface area contributed by atoms with Crippen LogP contribution in [0.5, 0.6) is 0 Å². The standard InChI is InChI=1S/C17H16ClNO3S/c18-14-6-8-15(9-7-14)19-16(20)11-23-12-17(21)22-10-13-4-2-1-3-5-13/h1-9H,10-12H2,(H,19,20). The molecule has 2 aromatic rings. The number of hydrogen-bond donors (Lipinski definition) is 1. The molecule has 0 atom stereocenters. The normalized spacial score (nSPS) is 10.1. The van der Waals surface area contributed by atoms with Gasteiger partial charge in [-0.25, -0.2) is 0 Å². The fraction of sp³-hybridized carbons (Fsp3) is 0.176. The molecule has 0 spiro atoms. The molecule has 0 heterocycles. The third-order valence-electron chi connectivity index (χ3n) is 2.82. The van der Waals surface area contributed by atoms with Crippen molar-refractivity contribution in [1.82, 2.24) is 0 Å². The van der Waals surface area contributed by atoms with Crippen LogP contribution in [0.2, 0.25) is 5.02 Å². The van der Waals surface area contributed by atoms with E-state index in [2.05, 4.69) is 5.32 Å². The fourth-order valence-electron chi connectivity index (χ4n) is 1.74. The van der Waals surface area contributed by atoms with Crippen LogP contribution in [-0.4, -0.2) is 23.4 Å². The van der Waals surface area contributed by atoms with Gasteiger partial charge in [-0.3, -0.25) is 9.59 Å². The molecule has 0 saturated heterocycles. The summed E-state index contributed by atoms with van der Waals surface area (Å²) < 4.78 is 5.14. The van der Waals surface area contributed by atoms with Crippen molar-refractivity contribution in [2.24, 2.45) is 0 Å². The number of carbonyl (C=O) groups is 2. The Morgan fingerprint density at radius 2 is 1.70 bits per heavy atom. The lowest BCUT2D eigenvalue weighted by Gasteiger charge is -2.06. The monoisotopic (exact) mass is 349 g/mol. The zero-order chi connectivity index (χ0) is 16.5. The molecule has 2 rings (SSSR count). The van der Waals surface area contributed by atoms with Crippen LogP contribution < -0.4 is 5.32 Å². The quantitative estimate of drug-likeness (QED) is 0.773. The summed E-state index contributed by atoms with van der Waals surface area (Å²) in [6.45, 7) is 0.247. The van der Waals surface area contributed by atoms with E-state index in [1.54, 1.807) is 24.3 Å². The maximum absolute atomic E-state index is 11.7. The zero-order valence-electron chi connectivity index (χ0n) is 12.3. The van der Waals surface area contributed by atoms with Gasteiger partial charge in [0.15, 0.2) is 0 Å². The van der Waals surface area contributed by atoms with Crippen molar-refractivity contribution in [2.45, 2.75) is 6.61 Å². The summed E-state index contributed by atoms with van der Waals surface area (Å²) in [5.41, 5.74) is 1.61. The molecule has 0 aliphatic carbocycles. The van der Waals surface area contributed by atoms with Crippen LogP contribution in [0.3, 0.4) is 0 Å². The van der Waals surface area contributed by atoms with Crippen molar-refractivity contribution in [3.8, 4) is 0 Å². The van der Waals surface area contributed by atoms with Gasteiger partial charge in [0.1, 0.15) is 6.61 Å². The summed E-state index contributed by atoms with van der Waals surface area (Å²) in [5, 5.41) is 3.34. The van der Waals surface area contributed by atoms with E-state index in [0.29, 0.717) is 10.7 Å². The van der Waals surface area contributed by atoms with Crippen molar-refractivity contribution in [2.75, 3.05) is 16.8 Å². The Labute approximate surface area is 144 Å². The number of ether oxygens (including phenoxy) is 1. The largest absolute Gasteiger partial charge is 0.460 e. The molecule has 0 saturated carbocycles. The van der Waals surface area contributed by atoms with Crippen LogP contribution in [0, 0.1) is 0 Å². The van der Waals surface area contributed by atoms with Gasteiger partial charge < -0.3 is 10.1 Å². The van der Waals surface area contributed by atoms with E-state index in [4.69, 9.17) is 16.3 Å². The maximum atomic E-state index is 11.7. The van der Waals surface area contributed by atoms with E-state index < -0.39 is 0 Å². The van der Waals surface area contributed by atoms with Crippen molar-refractivity contribution < 1.29 is 14.3 Å². The second-order valence-corrected chi connectivity index (χ2v) is 6.12. The maximum Gasteiger partial charge on any atom is 0.316 e. The number of rotatable bonds is 7. The molecule has 1 amide bonds. The number of benzene rings is 2. The number of esters is 1. The minimum atomic E-state index is -0.335. The average molecular weight is 350 g/mol. The van der Waals surface area contributed by atoms with Crippen LogP contribution in [-0.2, 0) is 20.9 Å². The molecule has 1 N–H and O–H groups in total. The third kappa shape index (κ3) is 6.76. The first kappa shape index (κ1) is 17.4. The molecule has 0 fully saturated rings. The first-order valence-corrected chi connectivity index (χ1v) is 8.49. The molecular formula is C17H16ClNO3S. The van der Waals surface area contributed by atoms with Crippen molar-refractivity contribution in [3.63, 3.8) is 0 Å². The van der Waals surface area contributed by atoms with Gasteiger partial charge in [0.2, 0.25) is 5.91 Å². The highest BCUT2D eigenvalue weighted by Crippen LogP contribution is 2.14. The lowest BCUT2D eigenvalue weighted by atomic mass is 10.2. The number of amides is 1. The topological polar surface area (TPSA) is 55.4 Å². The third-order valence-corrected chi connectivity index (χ3v) is 3.98. The molecule has 0 unspecified atom stereocenters. The van der Waals surface area contributed by atoms with Gasteiger partial charge in [0, 0.05) is 10.7 Å². The highest BCUT2D eigenvalue weighted by Gasteiger charge is 2.07. The molecule has 6 heteroatoms. The van der Waals surface area contributed by atoms with Crippen LogP contribution in [0.15, 0.2) is 54.6 Å². The van der Waals surface area contributed by atoms with E-state index in [-0.39, 0.29) is 30.0 Å². The molecule has 0 bridgehead atoms. The summed E-state index contributed by atoms with van der Waals surface area (Å²) in [7, 11) is 0. The number of nitrogens with one attached hydrogen (secondary N) is 1. The van der Waals surface area contributed by atoms with Gasteiger partial charge >= 0.3 is 5.97 Å². The van der Waals surface area contributed by atoms with Crippen LogP contribution in [0.1, 0.15) is 5.56 Å². The smallest absolute Gasteiger partial charge is 0.316 e. The molecule has 4 nitrogen and oxygen atoms in total. The minimum Gasteiger partial charge on any atom is -0.460 e. The van der Waals surface area contributed by atoms with E-state index in [0.717, 1.165) is 5.56 Å². The Bertz CT molecular complexity index is 647. The summed E-state index contributed by atoms with van der Waals surface area (Å²) in [6, 6.07) is 16.3. The highest BCUT2D eigenvalue weighted by atomic mass is 35.5. The molecule has 120 valence electrons. The van der Waals surface area contributed by atoms with Crippen LogP contribution in [0.4, 0.5) is 5.69 Å². The zero-order valence-corrected chi connectivity index (χ0v) is 13.9. The minimum absolute atomic E-state index is 0.140. The van der Waals surface area contributed by atoms with E-state index in [1.165, 1.54) is 11.8 Å². The van der Waals surface area contributed by atoms with Gasteiger partial charge in [-0.1, -0.05) is 41.9 Å². The molecule has 0 radical (unpaired) electrons. The first-order chi connectivity index (χ1) is 11.1. The summed E-state index contributed by atoms with van der Waals surface area (Å²) in [5.74, 6) is -0.185. The molecule has 0 aliphatic heterocycles. The average Bonchev–Trinajstić information content (AvgIpc) is 2.56. The van der Waals surface area contributed by atoms with E-state index >= 15 is 0 Å². The predicted molar refractivity (Wildman–Crippen MR) is 93.6 cm³/mol. The first-order valence-electron chi connectivity index (χ1n) is 6.96. The van der Waals surface area contributed by atoms with E-state index in [9.17, 15) is 9.59 Å². The Kier molecular flexibility index (Phi) is 6.97. The number of anilines is 1. The Balaban J connectivity index is 1.63. The lowest BCUT2D eigenvalue weighted by Crippen LogP contribution is -2.16. The SMILES string of the molecule is O=C(CSCC(=O)OCc1ccccc1)Nc1ccc(Cl)cc1. The van der Waals surface area contributed by atoms with Gasteiger partial charge in [0.25, 0.3) is 0 Å². The number of hydrogen-bond acceptors (Lipinski definition) is 4.